The molecule has 2 N–H and O–H groups in total. The van der Waals surface area contributed by atoms with Crippen molar-refractivity contribution in [1.29, 1.82) is 0 Å². The van der Waals surface area contributed by atoms with E-state index in [9.17, 15) is 9.59 Å². The highest BCUT2D eigenvalue weighted by atomic mass is 32.1. The molecule has 2 heterocycles. The fourth-order valence-electron chi connectivity index (χ4n) is 5.69. The van der Waals surface area contributed by atoms with Gasteiger partial charge in [-0.05, 0) is 63.9 Å². The molecule has 196 valence electrons. The molecule has 1 atom stereocenters. The van der Waals surface area contributed by atoms with Crippen LogP contribution in [-0.4, -0.2) is 74.4 Å². The fraction of sp³-hybridized carbons (Fsp3) is 0.692. The van der Waals surface area contributed by atoms with Gasteiger partial charge in [0.05, 0.1) is 17.1 Å². The van der Waals surface area contributed by atoms with Gasteiger partial charge in [-0.2, -0.15) is 0 Å². The lowest BCUT2D eigenvalue weighted by atomic mass is 9.71. The summed E-state index contributed by atoms with van der Waals surface area (Å²) in [5.74, 6) is -0.356. The van der Waals surface area contributed by atoms with Crippen LogP contribution in [0.5, 0.6) is 0 Å². The van der Waals surface area contributed by atoms with Crippen molar-refractivity contribution in [2.45, 2.75) is 79.5 Å². The summed E-state index contributed by atoms with van der Waals surface area (Å²) in [6, 6.07) is -0.491. The van der Waals surface area contributed by atoms with Crippen molar-refractivity contribution in [3.05, 3.63) is 11.1 Å². The molecule has 6 nitrogen and oxygen atoms in total. The van der Waals surface area contributed by atoms with E-state index in [1.165, 1.54) is 30.4 Å². The van der Waals surface area contributed by atoms with Gasteiger partial charge in [0.25, 0.3) is 0 Å². The van der Waals surface area contributed by atoms with Gasteiger partial charge in [0.15, 0.2) is 0 Å². The monoisotopic (exact) mass is 538 g/mol. The van der Waals surface area contributed by atoms with E-state index in [4.69, 9.17) is 43.6 Å². The van der Waals surface area contributed by atoms with Crippen LogP contribution in [0.1, 0.15) is 56.6 Å². The third-order valence-electron chi connectivity index (χ3n) is 8.14. The van der Waals surface area contributed by atoms with Crippen molar-refractivity contribution in [1.82, 2.24) is 9.80 Å². The van der Waals surface area contributed by atoms with Crippen LogP contribution >= 0.6 is 37.9 Å². The molecule has 0 spiro atoms. The largest absolute Gasteiger partial charge is 0.369 e. The van der Waals surface area contributed by atoms with Gasteiger partial charge in [0, 0.05) is 40.9 Å². The zero-order valence-corrected chi connectivity index (χ0v) is 24.1. The van der Waals surface area contributed by atoms with Crippen molar-refractivity contribution >= 4 is 55.8 Å². The Morgan fingerprint density at radius 1 is 1.00 bits per heavy atom. The number of aldehydes is 1. The van der Waals surface area contributed by atoms with E-state index in [-0.39, 0.29) is 5.91 Å². The van der Waals surface area contributed by atoms with Crippen molar-refractivity contribution in [3.8, 4) is 0 Å². The highest BCUT2D eigenvalue weighted by Gasteiger charge is 2.48. The van der Waals surface area contributed by atoms with Gasteiger partial charge >= 0.3 is 0 Å². The normalized spacial score (nSPS) is 20.1. The molecule has 1 amide bonds. The van der Waals surface area contributed by atoms with Gasteiger partial charge in [0.2, 0.25) is 5.91 Å². The summed E-state index contributed by atoms with van der Waals surface area (Å²) in [5, 5.41) is 0. The van der Waals surface area contributed by atoms with E-state index in [0.717, 1.165) is 65.7 Å². The molecule has 2 saturated heterocycles. The number of carbonyl (C=O) groups excluding carboxylic acids is 2. The summed E-state index contributed by atoms with van der Waals surface area (Å²) >= 11 is 14.7. The Hall–Kier alpha value is -0.870. The second-order valence-electron chi connectivity index (χ2n) is 10.2. The number of carbonyl (C=O) groups is 2. The number of amides is 1. The second-order valence-corrected chi connectivity index (χ2v) is 11.6. The lowest BCUT2D eigenvalue weighted by molar-refractivity contribution is -0.140. The zero-order valence-electron chi connectivity index (χ0n) is 21.4. The first-order chi connectivity index (χ1) is 16.7. The standard InChI is InChI=1S/C26H42N4O2S3/c1-4-5-6-7-8-19-18(2)22(33)21(24(35)23(19)34)30-15-13-29(14-16-30)20(17-31)26(25(27)32)9-11-28(3)12-10-26/h17,20,33-35H,4-16H2,1-3H3,(H2,27,32). The number of hydrogen-bond acceptors (Lipinski definition) is 8. The van der Waals surface area contributed by atoms with E-state index in [0.29, 0.717) is 25.9 Å². The molecule has 0 aliphatic carbocycles. The predicted molar refractivity (Wildman–Crippen MR) is 153 cm³/mol. The Bertz CT molecular complexity index is 881. The van der Waals surface area contributed by atoms with E-state index < -0.39 is 11.5 Å². The lowest BCUT2D eigenvalue weighted by Gasteiger charge is -2.48. The number of likely N-dealkylation sites (tertiary alicyclic amines) is 1. The highest BCUT2D eigenvalue weighted by Crippen LogP contribution is 2.43. The molecule has 2 fully saturated rings. The maximum absolute atomic E-state index is 12.6. The van der Waals surface area contributed by atoms with Crippen molar-refractivity contribution < 1.29 is 9.59 Å². The smallest absolute Gasteiger partial charge is 0.225 e. The maximum Gasteiger partial charge on any atom is 0.225 e. The molecule has 35 heavy (non-hydrogen) atoms. The summed E-state index contributed by atoms with van der Waals surface area (Å²) in [7, 11) is 2.04. The highest BCUT2D eigenvalue weighted by molar-refractivity contribution is 7.84. The number of unbranched alkanes of at least 4 members (excludes halogenated alkanes) is 3. The Balaban J connectivity index is 1.76. The molecule has 1 aromatic rings. The van der Waals surface area contributed by atoms with Crippen LogP contribution < -0.4 is 10.6 Å². The van der Waals surface area contributed by atoms with Crippen LogP contribution in [0.25, 0.3) is 0 Å². The Labute approximate surface area is 227 Å². The van der Waals surface area contributed by atoms with Gasteiger partial charge in [0.1, 0.15) is 6.29 Å². The van der Waals surface area contributed by atoms with Gasteiger partial charge in [-0.1, -0.05) is 26.2 Å². The van der Waals surface area contributed by atoms with Crippen molar-refractivity contribution in [3.63, 3.8) is 0 Å². The average molecular weight is 539 g/mol. The molecular formula is C26H42N4O2S3. The number of nitrogens with two attached hydrogens (primary N) is 1. The van der Waals surface area contributed by atoms with Crippen LogP contribution in [0.3, 0.4) is 0 Å². The van der Waals surface area contributed by atoms with Gasteiger partial charge < -0.3 is 20.3 Å². The van der Waals surface area contributed by atoms with Crippen LogP contribution in [0.4, 0.5) is 5.69 Å². The predicted octanol–water partition coefficient (Wildman–Crippen LogP) is 3.87. The minimum absolute atomic E-state index is 0.356. The molecule has 0 radical (unpaired) electrons. The number of benzene rings is 1. The third-order valence-corrected chi connectivity index (χ3v) is 9.79. The van der Waals surface area contributed by atoms with Crippen LogP contribution in [0, 0.1) is 12.3 Å². The summed E-state index contributed by atoms with van der Waals surface area (Å²) in [5.41, 5.74) is 8.54. The number of hydrogen-bond donors (Lipinski definition) is 4. The fourth-order valence-corrected chi connectivity index (χ4v) is 6.94. The Morgan fingerprint density at radius 3 is 2.17 bits per heavy atom. The van der Waals surface area contributed by atoms with E-state index in [2.05, 4.69) is 28.5 Å². The molecule has 2 aliphatic rings. The number of anilines is 1. The summed E-state index contributed by atoms with van der Waals surface area (Å²) < 4.78 is 0. The molecule has 0 saturated carbocycles. The first-order valence-electron chi connectivity index (χ1n) is 12.9. The number of thiol groups is 3. The van der Waals surface area contributed by atoms with E-state index in [1.54, 1.807) is 0 Å². The number of piperazine rings is 1. The number of piperidine rings is 1. The zero-order chi connectivity index (χ0) is 25.8. The number of primary amides is 1. The third kappa shape index (κ3) is 6.00. The first-order valence-corrected chi connectivity index (χ1v) is 14.2. The van der Waals surface area contributed by atoms with Crippen LogP contribution in [-0.2, 0) is 16.0 Å². The molecule has 0 bridgehead atoms. The topological polar surface area (TPSA) is 69.9 Å². The maximum atomic E-state index is 12.6. The minimum atomic E-state index is -0.797. The molecular weight excluding hydrogens is 497 g/mol. The molecule has 1 aromatic carbocycles. The van der Waals surface area contributed by atoms with Gasteiger partial charge in [-0.25, -0.2) is 0 Å². The molecule has 0 aromatic heterocycles. The van der Waals surface area contributed by atoms with Gasteiger partial charge in [-0.15, -0.1) is 37.9 Å². The second kappa shape index (κ2) is 12.6. The van der Waals surface area contributed by atoms with E-state index in [1.807, 2.05) is 7.05 Å². The summed E-state index contributed by atoms with van der Waals surface area (Å²) in [6.45, 7) is 8.69. The quantitative estimate of drug-likeness (QED) is 0.207. The number of nitrogens with zero attached hydrogens (tertiary/aromatic N) is 3. The molecule has 9 heteroatoms. The Morgan fingerprint density at radius 2 is 1.63 bits per heavy atom. The average Bonchev–Trinajstić information content (AvgIpc) is 2.85. The van der Waals surface area contributed by atoms with Crippen LogP contribution in [0.15, 0.2) is 14.7 Å². The SMILES string of the molecule is CCCCCCc1c(C)c(S)c(N2CCN(C(C=O)C3(C(N)=O)CCN(C)CC3)CC2)c(S)c1S. The van der Waals surface area contributed by atoms with Gasteiger partial charge in [-0.3, -0.25) is 9.69 Å². The molecule has 3 rings (SSSR count). The first kappa shape index (κ1) is 28.7. The molecule has 1 unspecified atom stereocenters. The molecule has 2 aliphatic heterocycles. The minimum Gasteiger partial charge on any atom is -0.369 e. The number of rotatable bonds is 10. The Kier molecular flexibility index (Phi) is 10.3. The summed E-state index contributed by atoms with van der Waals surface area (Å²) in [6.07, 6.45) is 8.01. The van der Waals surface area contributed by atoms with Crippen molar-refractivity contribution in [2.24, 2.45) is 11.1 Å². The van der Waals surface area contributed by atoms with Crippen molar-refractivity contribution in [2.75, 3.05) is 51.2 Å². The van der Waals surface area contributed by atoms with E-state index >= 15 is 0 Å². The lowest BCUT2D eigenvalue weighted by Crippen LogP contribution is -2.62. The summed E-state index contributed by atoms with van der Waals surface area (Å²) in [4.78, 5) is 34.3. The van der Waals surface area contributed by atoms with Crippen LogP contribution in [0.2, 0.25) is 0 Å².